The number of rotatable bonds is 2. The number of hydroxylamine groups is 3. The first-order valence-corrected chi connectivity index (χ1v) is 4.63. The summed E-state index contributed by atoms with van der Waals surface area (Å²) in [6.45, 7) is 3.11. The molecule has 1 aliphatic rings. The molecule has 1 fully saturated rings. The monoisotopic (exact) mass is 171 g/mol. The first-order valence-electron chi connectivity index (χ1n) is 4.63. The second-order valence-electron chi connectivity index (χ2n) is 3.84. The number of Topliss-reactive ketones (excluding diaryl/α,β-unsaturated/α-hetero) is 1. The Balaban J connectivity index is 2.41. The molecule has 0 radical (unpaired) electrons. The summed E-state index contributed by atoms with van der Waals surface area (Å²) in [5, 5.41) is 11.4. The lowest BCUT2D eigenvalue weighted by atomic mass is 9.91. The smallest absolute Gasteiger partial charge is 0.136 e. The molecule has 1 aliphatic heterocycles. The number of quaternary nitrogens is 1. The zero-order chi connectivity index (χ0) is 9.19. The van der Waals surface area contributed by atoms with Crippen molar-refractivity contribution in [2.75, 3.05) is 20.1 Å². The fourth-order valence-corrected chi connectivity index (χ4v) is 1.72. The third-order valence-electron chi connectivity index (χ3n) is 2.70. The van der Waals surface area contributed by atoms with Crippen molar-refractivity contribution in [3.8, 4) is 0 Å². The summed E-state index contributed by atoms with van der Waals surface area (Å²) in [5.74, 6) is 0.504. The van der Waals surface area contributed by atoms with Crippen LogP contribution in [0.25, 0.3) is 0 Å². The van der Waals surface area contributed by atoms with Crippen molar-refractivity contribution in [2.45, 2.75) is 26.2 Å². The Morgan fingerprint density at radius 1 is 1.50 bits per heavy atom. The first kappa shape index (κ1) is 9.68. The van der Waals surface area contributed by atoms with Gasteiger partial charge in [0.2, 0.25) is 0 Å². The fourth-order valence-electron chi connectivity index (χ4n) is 1.72. The van der Waals surface area contributed by atoms with Crippen molar-refractivity contribution in [1.29, 1.82) is 0 Å². The Morgan fingerprint density at radius 3 is 2.42 bits per heavy atom. The first-order chi connectivity index (χ1) is 5.55. The Labute approximate surface area is 73.5 Å². The van der Waals surface area contributed by atoms with Gasteiger partial charge in [-0.3, -0.25) is 4.79 Å². The van der Waals surface area contributed by atoms with Crippen LogP contribution < -0.4 is 0 Å². The van der Waals surface area contributed by atoms with E-state index in [4.69, 9.17) is 0 Å². The zero-order valence-corrected chi connectivity index (χ0v) is 7.88. The molecule has 1 saturated heterocycles. The maximum Gasteiger partial charge on any atom is 0.136 e. The van der Waals surface area contributed by atoms with Gasteiger partial charge in [0.15, 0.2) is 0 Å². The van der Waals surface area contributed by atoms with Gasteiger partial charge in [0.25, 0.3) is 0 Å². The normalized spacial score (nSPS) is 36.4. The van der Waals surface area contributed by atoms with Gasteiger partial charge in [-0.2, -0.15) is 0 Å². The molecule has 1 heterocycles. The maximum absolute atomic E-state index is 11.4. The number of ketones is 1. The van der Waals surface area contributed by atoms with Gasteiger partial charge in [0.1, 0.15) is 5.78 Å². The van der Waals surface area contributed by atoms with Gasteiger partial charge >= 0.3 is 0 Å². The number of likely N-dealkylation sites (tertiary alicyclic amines) is 1. The molecule has 0 aliphatic carbocycles. The van der Waals surface area contributed by atoms with E-state index in [-0.39, 0.29) is 10.6 Å². The molecule has 1 rings (SSSR count). The molecule has 70 valence electrons. The van der Waals surface area contributed by atoms with Crippen molar-refractivity contribution in [3.63, 3.8) is 0 Å². The Bertz CT molecular complexity index is 167. The fraction of sp³-hybridized carbons (Fsp3) is 0.889. The third-order valence-corrected chi connectivity index (χ3v) is 2.70. The van der Waals surface area contributed by atoms with Gasteiger partial charge in [-0.15, -0.1) is 0 Å². The van der Waals surface area contributed by atoms with E-state index < -0.39 is 0 Å². The second-order valence-corrected chi connectivity index (χ2v) is 3.84. The molecule has 0 saturated carbocycles. The van der Waals surface area contributed by atoms with E-state index in [1.54, 1.807) is 7.05 Å². The van der Waals surface area contributed by atoms with Gasteiger partial charge in [-0.25, -0.2) is 0 Å². The van der Waals surface area contributed by atoms with Gasteiger partial charge in [-0.1, -0.05) is 6.92 Å². The van der Waals surface area contributed by atoms with E-state index in [1.165, 1.54) is 0 Å². The van der Waals surface area contributed by atoms with Crippen LogP contribution in [0.15, 0.2) is 0 Å². The largest absolute Gasteiger partial charge is 0.633 e. The number of carbonyl (C=O) groups is 1. The van der Waals surface area contributed by atoms with Crippen molar-refractivity contribution >= 4 is 5.78 Å². The van der Waals surface area contributed by atoms with Crippen LogP contribution in [-0.2, 0) is 4.79 Å². The summed E-state index contributed by atoms with van der Waals surface area (Å²) in [7, 11) is 1.69. The molecule has 0 aromatic heterocycles. The Hall–Kier alpha value is -0.410. The average molecular weight is 171 g/mol. The van der Waals surface area contributed by atoms with Gasteiger partial charge in [0, 0.05) is 25.2 Å². The minimum atomic E-state index is -0.159. The van der Waals surface area contributed by atoms with Crippen LogP contribution in [0.5, 0.6) is 0 Å². The molecule has 0 bridgehead atoms. The van der Waals surface area contributed by atoms with Gasteiger partial charge < -0.3 is 9.85 Å². The number of piperidine rings is 1. The average Bonchev–Trinajstić information content (AvgIpc) is 2.03. The molecule has 0 spiro atoms. The lowest BCUT2D eigenvalue weighted by molar-refractivity contribution is -0.866. The molecular formula is C9H17NO2. The SMILES string of the molecule is CCC(=O)C1CC[N+](C)([O-])CC1. The second kappa shape index (κ2) is 3.54. The molecule has 0 atom stereocenters. The predicted octanol–water partition coefficient (Wildman–Crippen LogP) is 1.32. The summed E-state index contributed by atoms with van der Waals surface area (Å²) in [4.78, 5) is 11.3. The van der Waals surface area contributed by atoms with E-state index in [1.807, 2.05) is 6.92 Å². The van der Waals surface area contributed by atoms with Crippen LogP contribution in [0.1, 0.15) is 26.2 Å². The van der Waals surface area contributed by atoms with Crippen molar-refractivity contribution < 1.29 is 9.44 Å². The maximum atomic E-state index is 11.4. The van der Waals surface area contributed by atoms with Crippen LogP contribution in [0.3, 0.4) is 0 Å². The summed E-state index contributed by atoms with van der Waals surface area (Å²) in [6.07, 6.45) is 2.19. The van der Waals surface area contributed by atoms with E-state index >= 15 is 0 Å². The van der Waals surface area contributed by atoms with Crippen LogP contribution in [0.2, 0.25) is 0 Å². The minimum absolute atomic E-state index is 0.159. The molecular weight excluding hydrogens is 154 g/mol. The number of nitrogens with zero attached hydrogens (tertiary/aromatic N) is 1. The molecule has 3 heteroatoms. The highest BCUT2D eigenvalue weighted by atomic mass is 16.5. The molecule has 0 unspecified atom stereocenters. The minimum Gasteiger partial charge on any atom is -0.633 e. The number of carbonyl (C=O) groups excluding carboxylic acids is 1. The van der Waals surface area contributed by atoms with Crippen molar-refractivity contribution in [2.24, 2.45) is 5.92 Å². The van der Waals surface area contributed by atoms with E-state index in [2.05, 4.69) is 0 Å². The Morgan fingerprint density at radius 2 is 2.00 bits per heavy atom. The van der Waals surface area contributed by atoms with E-state index in [0.717, 1.165) is 12.8 Å². The van der Waals surface area contributed by atoms with E-state index in [0.29, 0.717) is 25.3 Å². The number of hydrogen-bond acceptors (Lipinski definition) is 2. The van der Waals surface area contributed by atoms with Crippen LogP contribution in [0.4, 0.5) is 0 Å². The molecule has 0 N–H and O–H groups in total. The van der Waals surface area contributed by atoms with Crippen molar-refractivity contribution in [3.05, 3.63) is 5.21 Å². The summed E-state index contributed by atoms with van der Waals surface area (Å²) >= 11 is 0. The standard InChI is InChI=1S/C9H17NO2/c1-3-9(11)8-4-6-10(2,12)7-5-8/h8H,3-7H2,1-2H3. The van der Waals surface area contributed by atoms with Gasteiger partial charge in [0.05, 0.1) is 20.1 Å². The highest BCUT2D eigenvalue weighted by Crippen LogP contribution is 2.22. The molecule has 0 aromatic carbocycles. The highest BCUT2D eigenvalue weighted by molar-refractivity contribution is 5.80. The Kier molecular flexibility index (Phi) is 2.85. The highest BCUT2D eigenvalue weighted by Gasteiger charge is 2.27. The topological polar surface area (TPSA) is 40.1 Å². The summed E-state index contributed by atoms with van der Waals surface area (Å²) in [6, 6.07) is 0. The lowest BCUT2D eigenvalue weighted by Gasteiger charge is -2.43. The zero-order valence-electron chi connectivity index (χ0n) is 7.88. The van der Waals surface area contributed by atoms with Crippen LogP contribution in [-0.4, -0.2) is 30.6 Å². The molecule has 0 aromatic rings. The molecule has 12 heavy (non-hydrogen) atoms. The summed E-state index contributed by atoms with van der Waals surface area (Å²) in [5.41, 5.74) is 0. The van der Waals surface area contributed by atoms with Crippen LogP contribution >= 0.6 is 0 Å². The van der Waals surface area contributed by atoms with E-state index in [9.17, 15) is 10.0 Å². The third kappa shape index (κ3) is 2.29. The quantitative estimate of drug-likeness (QED) is 0.464. The predicted molar refractivity (Wildman–Crippen MR) is 47.3 cm³/mol. The molecule has 0 amide bonds. The molecule has 3 nitrogen and oxygen atoms in total. The van der Waals surface area contributed by atoms with Crippen molar-refractivity contribution in [1.82, 2.24) is 0 Å². The van der Waals surface area contributed by atoms with Gasteiger partial charge in [-0.05, 0) is 0 Å². The van der Waals surface area contributed by atoms with Crippen LogP contribution in [0, 0.1) is 11.1 Å². The summed E-state index contributed by atoms with van der Waals surface area (Å²) < 4.78 is -0.159. The lowest BCUT2D eigenvalue weighted by Crippen LogP contribution is -2.45. The number of hydrogen-bond donors (Lipinski definition) is 0.